The van der Waals surface area contributed by atoms with Gasteiger partial charge in [0, 0.05) is 19.1 Å². The quantitative estimate of drug-likeness (QED) is 0.836. The van der Waals surface area contributed by atoms with E-state index in [1.165, 1.54) is 45.2 Å². The first kappa shape index (κ1) is 14.3. The Kier molecular flexibility index (Phi) is 5.05. The van der Waals surface area contributed by atoms with Crippen molar-refractivity contribution in [2.75, 3.05) is 33.3 Å². The maximum absolute atomic E-state index is 6.34. The molecule has 106 valence electrons. The Hall–Kier alpha value is -0.120. The van der Waals surface area contributed by atoms with Gasteiger partial charge < -0.3 is 15.0 Å². The highest BCUT2D eigenvalue weighted by molar-refractivity contribution is 5.00. The highest BCUT2D eigenvalue weighted by Gasteiger charge is 2.45. The minimum atomic E-state index is 0.111. The molecule has 2 heterocycles. The summed E-state index contributed by atoms with van der Waals surface area (Å²) in [5, 5.41) is 3.78. The summed E-state index contributed by atoms with van der Waals surface area (Å²) in [7, 11) is 2.24. The first-order valence-corrected chi connectivity index (χ1v) is 7.77. The van der Waals surface area contributed by atoms with Crippen LogP contribution in [0.1, 0.15) is 46.0 Å². The van der Waals surface area contributed by atoms with E-state index in [1.807, 2.05) is 0 Å². The van der Waals surface area contributed by atoms with Gasteiger partial charge in [-0.1, -0.05) is 26.7 Å². The van der Waals surface area contributed by atoms with Crippen LogP contribution in [0.25, 0.3) is 0 Å². The van der Waals surface area contributed by atoms with Crippen molar-refractivity contribution in [1.82, 2.24) is 10.2 Å². The average molecular weight is 254 g/mol. The molecule has 0 amide bonds. The topological polar surface area (TPSA) is 24.5 Å². The number of ether oxygens (including phenoxy) is 1. The third-order valence-electron chi connectivity index (χ3n) is 5.00. The van der Waals surface area contributed by atoms with Gasteiger partial charge in [0.25, 0.3) is 0 Å². The van der Waals surface area contributed by atoms with Crippen LogP contribution >= 0.6 is 0 Å². The van der Waals surface area contributed by atoms with Crippen LogP contribution in [-0.4, -0.2) is 49.8 Å². The number of rotatable bonds is 3. The lowest BCUT2D eigenvalue weighted by atomic mass is 9.76. The van der Waals surface area contributed by atoms with E-state index in [1.54, 1.807) is 0 Å². The van der Waals surface area contributed by atoms with Gasteiger partial charge in [0.2, 0.25) is 0 Å². The van der Waals surface area contributed by atoms with Gasteiger partial charge in [-0.15, -0.1) is 0 Å². The predicted molar refractivity (Wildman–Crippen MR) is 75.9 cm³/mol. The molecule has 3 heteroatoms. The number of nitrogens with one attached hydrogen (secondary N) is 1. The molecule has 0 radical (unpaired) electrons. The fraction of sp³-hybridized carbons (Fsp3) is 1.00. The number of morpholine rings is 1. The van der Waals surface area contributed by atoms with Gasteiger partial charge in [0.1, 0.15) is 0 Å². The minimum Gasteiger partial charge on any atom is -0.372 e. The van der Waals surface area contributed by atoms with Crippen molar-refractivity contribution in [1.29, 1.82) is 0 Å². The van der Waals surface area contributed by atoms with Gasteiger partial charge in [-0.2, -0.15) is 0 Å². The Morgan fingerprint density at radius 1 is 1.28 bits per heavy atom. The molecule has 0 bridgehead atoms. The average Bonchev–Trinajstić information content (AvgIpc) is 2.57. The van der Waals surface area contributed by atoms with Gasteiger partial charge in [-0.05, 0) is 38.8 Å². The van der Waals surface area contributed by atoms with Crippen LogP contribution in [0, 0.1) is 5.92 Å². The Bertz CT molecular complexity index is 255. The first-order chi connectivity index (χ1) is 8.72. The van der Waals surface area contributed by atoms with E-state index < -0.39 is 0 Å². The zero-order valence-corrected chi connectivity index (χ0v) is 12.4. The summed E-state index contributed by atoms with van der Waals surface area (Å²) in [5.41, 5.74) is 0.111. The molecule has 2 rings (SSSR count). The van der Waals surface area contributed by atoms with Crippen LogP contribution in [0.2, 0.25) is 0 Å². The van der Waals surface area contributed by atoms with E-state index in [9.17, 15) is 0 Å². The van der Waals surface area contributed by atoms with E-state index in [4.69, 9.17) is 4.74 Å². The number of hydrogen-bond donors (Lipinski definition) is 1. The lowest BCUT2D eigenvalue weighted by molar-refractivity contribution is -0.119. The second kappa shape index (κ2) is 6.36. The molecule has 0 aromatic rings. The molecule has 2 aliphatic heterocycles. The van der Waals surface area contributed by atoms with Crippen LogP contribution in [-0.2, 0) is 4.74 Å². The van der Waals surface area contributed by atoms with Crippen molar-refractivity contribution in [3.8, 4) is 0 Å². The molecular formula is C15H30N2O. The third kappa shape index (κ3) is 2.89. The third-order valence-corrected chi connectivity index (χ3v) is 5.00. The molecule has 2 saturated heterocycles. The normalized spacial score (nSPS) is 35.0. The highest BCUT2D eigenvalue weighted by Crippen LogP contribution is 2.36. The summed E-state index contributed by atoms with van der Waals surface area (Å²) < 4.78 is 6.34. The molecule has 0 aromatic carbocycles. The monoisotopic (exact) mass is 254 g/mol. The Morgan fingerprint density at radius 2 is 2.06 bits per heavy atom. The lowest BCUT2D eigenvalue weighted by Crippen LogP contribution is -2.61. The molecule has 0 aliphatic carbocycles. The van der Waals surface area contributed by atoms with Crippen LogP contribution in [0.15, 0.2) is 0 Å². The molecule has 1 N–H and O–H groups in total. The van der Waals surface area contributed by atoms with Gasteiger partial charge >= 0.3 is 0 Å². The molecule has 1 spiro atoms. The van der Waals surface area contributed by atoms with Crippen molar-refractivity contribution in [3.63, 3.8) is 0 Å². The fourth-order valence-corrected chi connectivity index (χ4v) is 3.82. The molecule has 2 atom stereocenters. The van der Waals surface area contributed by atoms with Crippen molar-refractivity contribution >= 4 is 0 Å². The molecule has 2 fully saturated rings. The van der Waals surface area contributed by atoms with E-state index >= 15 is 0 Å². The summed E-state index contributed by atoms with van der Waals surface area (Å²) in [6, 6.07) is 0.563. The minimum absolute atomic E-state index is 0.111. The molecule has 2 unspecified atom stereocenters. The van der Waals surface area contributed by atoms with Crippen molar-refractivity contribution < 1.29 is 4.74 Å². The standard InChI is InChI=1S/C15H30N2O/c1-4-13(5-2)14-15(18-12-9-16-14)7-6-10-17(3)11-8-15/h13-14,16H,4-12H2,1-3H3. The molecule has 18 heavy (non-hydrogen) atoms. The predicted octanol–water partition coefficient (Wildman–Crippen LogP) is 2.27. The number of hydrogen-bond acceptors (Lipinski definition) is 3. The summed E-state index contributed by atoms with van der Waals surface area (Å²) in [6.07, 6.45) is 6.21. The van der Waals surface area contributed by atoms with E-state index in [0.29, 0.717) is 6.04 Å². The summed E-state index contributed by atoms with van der Waals surface area (Å²) >= 11 is 0. The fourth-order valence-electron chi connectivity index (χ4n) is 3.82. The SMILES string of the molecule is CCC(CC)C1NCCOC12CCCN(C)CC2. The van der Waals surface area contributed by atoms with Gasteiger partial charge in [-0.3, -0.25) is 0 Å². The van der Waals surface area contributed by atoms with Crippen LogP contribution < -0.4 is 5.32 Å². The largest absolute Gasteiger partial charge is 0.372 e. The maximum atomic E-state index is 6.34. The summed E-state index contributed by atoms with van der Waals surface area (Å²) in [6.45, 7) is 8.96. The smallest absolute Gasteiger partial charge is 0.0850 e. The number of likely N-dealkylation sites (tertiary alicyclic amines) is 1. The van der Waals surface area contributed by atoms with Crippen LogP contribution in [0.5, 0.6) is 0 Å². The molecule has 0 saturated carbocycles. The van der Waals surface area contributed by atoms with E-state index in [0.717, 1.165) is 19.1 Å². The second-order valence-electron chi connectivity index (χ2n) is 6.08. The first-order valence-electron chi connectivity index (χ1n) is 7.77. The number of nitrogens with zero attached hydrogens (tertiary/aromatic N) is 1. The summed E-state index contributed by atoms with van der Waals surface area (Å²) in [5.74, 6) is 0.758. The Labute approximate surface area is 112 Å². The zero-order valence-electron chi connectivity index (χ0n) is 12.4. The van der Waals surface area contributed by atoms with Gasteiger partial charge in [0.05, 0.1) is 12.2 Å². The Morgan fingerprint density at radius 3 is 2.78 bits per heavy atom. The summed E-state index contributed by atoms with van der Waals surface area (Å²) in [4.78, 5) is 2.46. The maximum Gasteiger partial charge on any atom is 0.0850 e. The highest BCUT2D eigenvalue weighted by atomic mass is 16.5. The van der Waals surface area contributed by atoms with Crippen molar-refractivity contribution in [2.45, 2.75) is 57.6 Å². The van der Waals surface area contributed by atoms with Crippen LogP contribution in [0.4, 0.5) is 0 Å². The molecule has 0 aromatic heterocycles. The Balaban J connectivity index is 2.14. The lowest BCUT2D eigenvalue weighted by Gasteiger charge is -2.47. The van der Waals surface area contributed by atoms with Crippen molar-refractivity contribution in [2.24, 2.45) is 5.92 Å². The van der Waals surface area contributed by atoms with E-state index in [2.05, 4.69) is 31.1 Å². The zero-order chi connectivity index (χ0) is 13.0. The van der Waals surface area contributed by atoms with E-state index in [-0.39, 0.29) is 5.60 Å². The van der Waals surface area contributed by atoms with Gasteiger partial charge in [0.15, 0.2) is 0 Å². The van der Waals surface area contributed by atoms with Crippen LogP contribution in [0.3, 0.4) is 0 Å². The second-order valence-corrected chi connectivity index (χ2v) is 6.08. The molecule has 3 nitrogen and oxygen atoms in total. The molecular weight excluding hydrogens is 224 g/mol. The van der Waals surface area contributed by atoms with Crippen molar-refractivity contribution in [3.05, 3.63) is 0 Å². The molecule has 2 aliphatic rings. The van der Waals surface area contributed by atoms with Gasteiger partial charge in [-0.25, -0.2) is 0 Å².